The second-order valence-electron chi connectivity index (χ2n) is 11.4. The Morgan fingerprint density at radius 1 is 1.11 bits per heavy atom. The van der Waals surface area contributed by atoms with Gasteiger partial charge >= 0.3 is 5.97 Å². The number of fused-ring (bicyclic) bond motifs is 2. The minimum atomic E-state index is -0.873. The monoisotopic (exact) mass is 644 g/mol. The molecule has 0 aliphatic carbocycles. The number of carbonyl (C=O) groups is 2. The maximum atomic E-state index is 14.3. The fourth-order valence-corrected chi connectivity index (χ4v) is 6.97. The number of allylic oxidation sites excluding steroid dienone is 1. The van der Waals surface area contributed by atoms with E-state index in [9.17, 15) is 14.4 Å². The number of para-hydroxylation sites is 1. The lowest BCUT2D eigenvalue weighted by Gasteiger charge is -2.27. The highest BCUT2D eigenvalue weighted by molar-refractivity contribution is 7.07. The molecule has 2 aliphatic heterocycles. The zero-order valence-corrected chi connectivity index (χ0v) is 27.3. The van der Waals surface area contributed by atoms with E-state index in [4.69, 9.17) is 23.9 Å². The molecule has 2 aromatic carbocycles. The van der Waals surface area contributed by atoms with Gasteiger partial charge in [-0.1, -0.05) is 29.5 Å². The number of hydrogen-bond donors (Lipinski definition) is 0. The summed E-state index contributed by atoms with van der Waals surface area (Å²) in [6.07, 6.45) is 3.35. The van der Waals surface area contributed by atoms with Crippen molar-refractivity contribution in [2.24, 2.45) is 4.99 Å². The van der Waals surface area contributed by atoms with Crippen LogP contribution >= 0.6 is 11.3 Å². The van der Waals surface area contributed by atoms with Crippen LogP contribution in [0.15, 0.2) is 69.7 Å². The van der Waals surface area contributed by atoms with E-state index in [0.717, 1.165) is 16.5 Å². The summed E-state index contributed by atoms with van der Waals surface area (Å²) in [5.41, 5.74) is 2.63. The number of benzene rings is 2. The predicted molar refractivity (Wildman–Crippen MR) is 174 cm³/mol. The Labute approximate surface area is 269 Å². The van der Waals surface area contributed by atoms with Crippen LogP contribution < -0.4 is 24.4 Å². The zero-order valence-electron chi connectivity index (χ0n) is 26.4. The molecular weight excluding hydrogens is 608 g/mol. The van der Waals surface area contributed by atoms with Crippen LogP contribution in [-0.4, -0.2) is 72.5 Å². The van der Waals surface area contributed by atoms with Crippen LogP contribution in [0.2, 0.25) is 0 Å². The summed E-state index contributed by atoms with van der Waals surface area (Å²) in [5.74, 6) is 0.480. The number of rotatable bonds is 8. The normalized spacial score (nSPS) is 16.9. The van der Waals surface area contributed by atoms with E-state index in [1.54, 1.807) is 46.1 Å². The van der Waals surface area contributed by atoms with Crippen molar-refractivity contribution in [2.75, 3.05) is 40.5 Å². The van der Waals surface area contributed by atoms with Gasteiger partial charge in [-0.15, -0.1) is 0 Å². The summed E-state index contributed by atoms with van der Waals surface area (Å²) in [6.45, 7) is 7.66. The van der Waals surface area contributed by atoms with Crippen LogP contribution in [0, 0.1) is 0 Å². The van der Waals surface area contributed by atoms with E-state index < -0.39 is 12.0 Å². The standard InChI is InChI=1S/C34H36N4O7S/c1-20(2)45-33(41)30-21(3)35-34-38(31(30)25-17-23(42-4)10-11-27(25)43-5)32(40)28(46-34)16-22-18-37(26-9-7-6-8-24(22)26)19-29(39)36-12-14-44-15-13-36/h6-11,16-18,20,31H,12-15,19H2,1-5H3/b28-16-/t31-/m0/s1. The molecular formula is C34H36N4O7S. The van der Waals surface area contributed by atoms with Gasteiger partial charge in [0.05, 0.1) is 49.3 Å². The number of hydrogen-bond acceptors (Lipinski definition) is 9. The first-order valence-electron chi connectivity index (χ1n) is 15.1. The van der Waals surface area contributed by atoms with E-state index in [1.165, 1.54) is 23.0 Å². The van der Waals surface area contributed by atoms with Crippen LogP contribution in [0.5, 0.6) is 11.5 Å². The summed E-state index contributed by atoms with van der Waals surface area (Å²) in [4.78, 5) is 48.0. The molecule has 0 radical (unpaired) electrons. The maximum absolute atomic E-state index is 14.3. The molecule has 12 heteroatoms. The van der Waals surface area contributed by atoms with Crippen LogP contribution in [0.1, 0.15) is 37.9 Å². The van der Waals surface area contributed by atoms with Crippen molar-refractivity contribution in [3.8, 4) is 11.5 Å². The first-order chi connectivity index (χ1) is 22.2. The Balaban J connectivity index is 1.50. The van der Waals surface area contributed by atoms with Crippen LogP contribution in [-0.2, 0) is 25.6 Å². The van der Waals surface area contributed by atoms with Crippen LogP contribution in [0.25, 0.3) is 17.0 Å². The largest absolute Gasteiger partial charge is 0.497 e. The van der Waals surface area contributed by atoms with Gasteiger partial charge in [0, 0.05) is 41.3 Å². The van der Waals surface area contributed by atoms with Gasteiger partial charge in [0.1, 0.15) is 24.1 Å². The lowest BCUT2D eigenvalue weighted by Crippen LogP contribution is -2.42. The number of nitrogens with zero attached hydrogens (tertiary/aromatic N) is 4. The average Bonchev–Trinajstić information content (AvgIpc) is 3.55. The summed E-state index contributed by atoms with van der Waals surface area (Å²) in [6, 6.07) is 12.2. The summed E-state index contributed by atoms with van der Waals surface area (Å²) < 4.78 is 26.1. The summed E-state index contributed by atoms with van der Waals surface area (Å²) >= 11 is 1.24. The highest BCUT2D eigenvalue weighted by Gasteiger charge is 2.36. The maximum Gasteiger partial charge on any atom is 0.338 e. The minimum absolute atomic E-state index is 0.0125. The molecule has 240 valence electrons. The molecule has 1 fully saturated rings. The Kier molecular flexibility index (Phi) is 8.83. The SMILES string of the molecule is COc1ccc(OC)c([C@H]2C(C(=O)OC(C)C)=C(C)N=c3s/c(=C\c4cn(CC(=O)N5CCOCC5)c5ccccc45)c(=O)n32)c1. The minimum Gasteiger partial charge on any atom is -0.497 e. The van der Waals surface area contributed by atoms with Crippen molar-refractivity contribution < 1.29 is 28.5 Å². The number of amides is 1. The van der Waals surface area contributed by atoms with Gasteiger partial charge in [-0.3, -0.25) is 14.2 Å². The lowest BCUT2D eigenvalue weighted by atomic mass is 9.94. The molecule has 6 rings (SSSR count). The summed E-state index contributed by atoms with van der Waals surface area (Å²) in [5, 5.41) is 0.909. The number of ether oxygens (including phenoxy) is 4. The molecule has 0 saturated carbocycles. The smallest absolute Gasteiger partial charge is 0.338 e. The molecule has 4 heterocycles. The highest BCUT2D eigenvalue weighted by atomic mass is 32.1. The fourth-order valence-electron chi connectivity index (χ4n) is 5.93. The quantitative estimate of drug-likeness (QED) is 0.271. The van der Waals surface area contributed by atoms with Gasteiger partial charge in [-0.25, -0.2) is 9.79 Å². The Bertz CT molecular complexity index is 2030. The number of aromatic nitrogens is 2. The number of thiazole rings is 1. The van der Waals surface area contributed by atoms with Gasteiger partial charge in [-0.2, -0.15) is 0 Å². The Hall–Kier alpha value is -4.68. The molecule has 1 saturated heterocycles. The van der Waals surface area contributed by atoms with E-state index in [1.807, 2.05) is 46.0 Å². The van der Waals surface area contributed by atoms with Crippen molar-refractivity contribution in [1.82, 2.24) is 14.0 Å². The van der Waals surface area contributed by atoms with E-state index in [0.29, 0.717) is 58.4 Å². The zero-order chi connectivity index (χ0) is 32.5. The van der Waals surface area contributed by atoms with Crippen molar-refractivity contribution in [3.05, 3.63) is 90.7 Å². The van der Waals surface area contributed by atoms with Gasteiger partial charge < -0.3 is 28.4 Å². The van der Waals surface area contributed by atoms with Gasteiger partial charge in [0.25, 0.3) is 5.56 Å². The molecule has 0 N–H and O–H groups in total. The second kappa shape index (κ2) is 13.0. The second-order valence-corrected chi connectivity index (χ2v) is 12.4. The Morgan fingerprint density at radius 2 is 1.87 bits per heavy atom. The molecule has 46 heavy (non-hydrogen) atoms. The highest BCUT2D eigenvalue weighted by Crippen LogP contribution is 2.38. The molecule has 0 unspecified atom stereocenters. The molecule has 11 nitrogen and oxygen atoms in total. The molecule has 0 bridgehead atoms. The topological polar surface area (TPSA) is 114 Å². The molecule has 2 aliphatic rings. The number of carbonyl (C=O) groups excluding carboxylic acids is 2. The number of methoxy groups -OCH3 is 2. The van der Waals surface area contributed by atoms with Gasteiger partial charge in [0.2, 0.25) is 5.91 Å². The van der Waals surface area contributed by atoms with Crippen LogP contribution in [0.4, 0.5) is 0 Å². The first-order valence-corrected chi connectivity index (χ1v) is 15.9. The molecule has 1 amide bonds. The number of morpholine rings is 1. The third-order valence-corrected chi connectivity index (χ3v) is 9.07. The van der Waals surface area contributed by atoms with E-state index in [2.05, 4.69) is 0 Å². The van der Waals surface area contributed by atoms with Crippen molar-refractivity contribution in [1.29, 1.82) is 0 Å². The first kappa shape index (κ1) is 31.3. The molecule has 2 aromatic heterocycles. The predicted octanol–water partition coefficient (Wildman–Crippen LogP) is 3.02. The van der Waals surface area contributed by atoms with Gasteiger partial charge in [0.15, 0.2) is 4.80 Å². The fraction of sp³-hybridized carbons (Fsp3) is 0.353. The van der Waals surface area contributed by atoms with Crippen LogP contribution in [0.3, 0.4) is 0 Å². The van der Waals surface area contributed by atoms with E-state index in [-0.39, 0.29) is 29.7 Å². The molecule has 0 spiro atoms. The molecule has 4 aromatic rings. The Morgan fingerprint density at radius 3 is 2.59 bits per heavy atom. The van der Waals surface area contributed by atoms with Crippen molar-refractivity contribution in [3.63, 3.8) is 0 Å². The average molecular weight is 645 g/mol. The molecule has 1 atom stereocenters. The number of esters is 1. The third-order valence-electron chi connectivity index (χ3n) is 8.09. The lowest BCUT2D eigenvalue weighted by molar-refractivity contribution is -0.143. The van der Waals surface area contributed by atoms with Gasteiger partial charge in [-0.05, 0) is 51.1 Å². The van der Waals surface area contributed by atoms with Crippen molar-refractivity contribution in [2.45, 2.75) is 39.5 Å². The van der Waals surface area contributed by atoms with E-state index >= 15 is 0 Å². The third kappa shape index (κ3) is 5.85. The van der Waals surface area contributed by atoms with Crippen molar-refractivity contribution >= 4 is 40.2 Å². The summed E-state index contributed by atoms with van der Waals surface area (Å²) in [7, 11) is 3.09.